The van der Waals surface area contributed by atoms with E-state index in [1.165, 1.54) is 5.56 Å². The summed E-state index contributed by atoms with van der Waals surface area (Å²) >= 11 is 0. The van der Waals surface area contributed by atoms with Crippen LogP contribution in [0.15, 0.2) is 67.3 Å². The molecule has 0 unspecified atom stereocenters. The van der Waals surface area contributed by atoms with Crippen molar-refractivity contribution < 1.29 is 0 Å². The molecule has 23 heavy (non-hydrogen) atoms. The van der Waals surface area contributed by atoms with Crippen molar-refractivity contribution in [2.24, 2.45) is 0 Å². The Balaban J connectivity index is 1.71. The molecule has 114 valence electrons. The number of hydrogen-bond donors (Lipinski definition) is 1. The number of nitrogens with zero attached hydrogens (tertiary/aromatic N) is 4. The van der Waals surface area contributed by atoms with Crippen molar-refractivity contribution in [3.8, 4) is 6.07 Å². The zero-order chi connectivity index (χ0) is 15.9. The lowest BCUT2D eigenvalue weighted by molar-refractivity contribution is 0.436. The highest BCUT2D eigenvalue weighted by molar-refractivity contribution is 5.31. The van der Waals surface area contributed by atoms with E-state index in [1.807, 2.05) is 47.1 Å². The fourth-order valence-corrected chi connectivity index (χ4v) is 2.43. The van der Waals surface area contributed by atoms with Crippen molar-refractivity contribution >= 4 is 0 Å². The van der Waals surface area contributed by atoms with Gasteiger partial charge < -0.3 is 5.32 Å². The quantitative estimate of drug-likeness (QED) is 0.760. The standard InChI is InChI=1S/C18H17N5/c19-10-15-6-8-16(9-7-15)11-21-18(12-23-14-20-13-22-23)17-4-2-1-3-5-17/h1-9,13-14,18,21H,11-12H2/t18-/m1/s1. The van der Waals surface area contributed by atoms with E-state index in [-0.39, 0.29) is 6.04 Å². The molecule has 3 rings (SSSR count). The molecule has 0 fully saturated rings. The smallest absolute Gasteiger partial charge is 0.137 e. The maximum absolute atomic E-state index is 8.86. The van der Waals surface area contributed by atoms with Crippen LogP contribution < -0.4 is 5.32 Å². The van der Waals surface area contributed by atoms with Gasteiger partial charge in [0.05, 0.1) is 24.2 Å². The molecule has 5 nitrogen and oxygen atoms in total. The summed E-state index contributed by atoms with van der Waals surface area (Å²) in [5, 5.41) is 16.6. The van der Waals surface area contributed by atoms with E-state index < -0.39 is 0 Å². The van der Waals surface area contributed by atoms with Crippen LogP contribution in [-0.4, -0.2) is 14.8 Å². The molecule has 0 bridgehead atoms. The molecule has 0 amide bonds. The van der Waals surface area contributed by atoms with Gasteiger partial charge in [0.25, 0.3) is 0 Å². The zero-order valence-electron chi connectivity index (χ0n) is 12.6. The van der Waals surface area contributed by atoms with Gasteiger partial charge in [0.15, 0.2) is 0 Å². The Morgan fingerprint density at radius 3 is 2.52 bits per heavy atom. The SMILES string of the molecule is N#Cc1ccc(CN[C@H](Cn2cncn2)c2ccccc2)cc1. The number of aromatic nitrogens is 3. The fourth-order valence-electron chi connectivity index (χ4n) is 2.43. The molecule has 3 aromatic rings. The summed E-state index contributed by atoms with van der Waals surface area (Å²) in [5.41, 5.74) is 3.02. The highest BCUT2D eigenvalue weighted by Gasteiger charge is 2.12. The third-order valence-corrected chi connectivity index (χ3v) is 3.67. The zero-order valence-corrected chi connectivity index (χ0v) is 12.6. The Morgan fingerprint density at radius 2 is 1.87 bits per heavy atom. The summed E-state index contributed by atoms with van der Waals surface area (Å²) in [6.07, 6.45) is 3.27. The molecule has 1 heterocycles. The van der Waals surface area contributed by atoms with Crippen LogP contribution in [0, 0.1) is 11.3 Å². The predicted molar refractivity (Wildman–Crippen MR) is 87.2 cm³/mol. The maximum atomic E-state index is 8.86. The van der Waals surface area contributed by atoms with Gasteiger partial charge in [-0.1, -0.05) is 42.5 Å². The second kappa shape index (κ2) is 7.34. The van der Waals surface area contributed by atoms with E-state index in [9.17, 15) is 0 Å². The van der Waals surface area contributed by atoms with Crippen molar-refractivity contribution in [1.82, 2.24) is 20.1 Å². The lowest BCUT2D eigenvalue weighted by Crippen LogP contribution is -2.25. The fraction of sp³-hybridized carbons (Fsp3) is 0.167. The third kappa shape index (κ3) is 4.02. The van der Waals surface area contributed by atoms with E-state index in [0.29, 0.717) is 12.1 Å². The van der Waals surface area contributed by atoms with E-state index in [2.05, 4.69) is 33.6 Å². The van der Waals surface area contributed by atoms with Gasteiger partial charge in [0.2, 0.25) is 0 Å². The lowest BCUT2D eigenvalue weighted by Gasteiger charge is -2.19. The second-order valence-corrected chi connectivity index (χ2v) is 5.27. The monoisotopic (exact) mass is 303 g/mol. The molecule has 0 spiro atoms. The number of hydrogen-bond acceptors (Lipinski definition) is 4. The molecule has 1 N–H and O–H groups in total. The van der Waals surface area contributed by atoms with Crippen LogP contribution in [0.4, 0.5) is 0 Å². The Morgan fingerprint density at radius 1 is 1.09 bits per heavy atom. The summed E-state index contributed by atoms with van der Waals surface area (Å²) in [5.74, 6) is 0. The van der Waals surface area contributed by atoms with Crippen LogP contribution in [0.25, 0.3) is 0 Å². The number of nitriles is 1. The Hall–Kier alpha value is -2.97. The molecule has 5 heteroatoms. The van der Waals surface area contributed by atoms with Gasteiger partial charge in [-0.2, -0.15) is 10.4 Å². The van der Waals surface area contributed by atoms with Gasteiger partial charge in [-0.25, -0.2) is 4.98 Å². The summed E-state index contributed by atoms with van der Waals surface area (Å²) in [6, 6.07) is 20.2. The molecule has 0 aliphatic carbocycles. The average molecular weight is 303 g/mol. The first-order valence-electron chi connectivity index (χ1n) is 7.45. The number of nitrogens with one attached hydrogen (secondary N) is 1. The molecule has 2 aromatic carbocycles. The van der Waals surface area contributed by atoms with Crippen LogP contribution in [0.3, 0.4) is 0 Å². The Bertz CT molecular complexity index is 757. The largest absolute Gasteiger partial charge is 0.304 e. The number of rotatable bonds is 6. The minimum absolute atomic E-state index is 0.133. The van der Waals surface area contributed by atoms with Gasteiger partial charge >= 0.3 is 0 Å². The Labute approximate surface area is 135 Å². The highest BCUT2D eigenvalue weighted by atomic mass is 15.3. The average Bonchev–Trinajstić information content (AvgIpc) is 3.13. The molecule has 0 radical (unpaired) electrons. The van der Waals surface area contributed by atoms with Gasteiger partial charge in [-0.15, -0.1) is 0 Å². The molecule has 0 saturated heterocycles. The highest BCUT2D eigenvalue weighted by Crippen LogP contribution is 2.15. The van der Waals surface area contributed by atoms with E-state index in [4.69, 9.17) is 5.26 Å². The lowest BCUT2D eigenvalue weighted by atomic mass is 10.1. The van der Waals surface area contributed by atoms with Crippen molar-refractivity contribution in [2.45, 2.75) is 19.1 Å². The minimum atomic E-state index is 0.133. The first-order chi connectivity index (χ1) is 11.3. The van der Waals surface area contributed by atoms with Crippen molar-refractivity contribution in [1.29, 1.82) is 5.26 Å². The van der Waals surface area contributed by atoms with Crippen LogP contribution in [-0.2, 0) is 13.1 Å². The molecule has 0 aliphatic rings. The van der Waals surface area contributed by atoms with Crippen LogP contribution in [0.1, 0.15) is 22.7 Å². The van der Waals surface area contributed by atoms with E-state index in [1.54, 1.807) is 12.7 Å². The minimum Gasteiger partial charge on any atom is -0.304 e. The number of benzene rings is 2. The van der Waals surface area contributed by atoms with Gasteiger partial charge in [-0.3, -0.25) is 4.68 Å². The topological polar surface area (TPSA) is 66.5 Å². The van der Waals surface area contributed by atoms with Gasteiger partial charge in [0, 0.05) is 6.54 Å². The van der Waals surface area contributed by atoms with Crippen LogP contribution in [0.5, 0.6) is 0 Å². The molecule has 0 saturated carbocycles. The van der Waals surface area contributed by atoms with E-state index in [0.717, 1.165) is 12.1 Å². The molecular formula is C18H17N5. The maximum Gasteiger partial charge on any atom is 0.137 e. The summed E-state index contributed by atoms with van der Waals surface area (Å²) in [7, 11) is 0. The van der Waals surface area contributed by atoms with Gasteiger partial charge in [0.1, 0.15) is 12.7 Å². The van der Waals surface area contributed by atoms with Gasteiger partial charge in [-0.05, 0) is 23.3 Å². The van der Waals surface area contributed by atoms with Crippen LogP contribution in [0.2, 0.25) is 0 Å². The third-order valence-electron chi connectivity index (χ3n) is 3.67. The van der Waals surface area contributed by atoms with Crippen LogP contribution >= 0.6 is 0 Å². The molecule has 1 atom stereocenters. The Kier molecular flexibility index (Phi) is 4.77. The summed E-state index contributed by atoms with van der Waals surface area (Å²) in [4.78, 5) is 4.00. The first kappa shape index (κ1) is 14.9. The summed E-state index contributed by atoms with van der Waals surface area (Å²) < 4.78 is 1.82. The van der Waals surface area contributed by atoms with Crippen molar-refractivity contribution in [3.63, 3.8) is 0 Å². The van der Waals surface area contributed by atoms with Crippen molar-refractivity contribution in [3.05, 3.63) is 83.9 Å². The predicted octanol–water partition coefficient (Wildman–Crippen LogP) is 2.68. The molecule has 0 aliphatic heterocycles. The van der Waals surface area contributed by atoms with Crippen molar-refractivity contribution in [2.75, 3.05) is 0 Å². The molecular weight excluding hydrogens is 286 g/mol. The van der Waals surface area contributed by atoms with E-state index >= 15 is 0 Å². The summed E-state index contributed by atoms with van der Waals surface area (Å²) in [6.45, 7) is 1.43. The second-order valence-electron chi connectivity index (χ2n) is 5.27. The molecule has 1 aromatic heterocycles. The normalized spacial score (nSPS) is 11.8. The first-order valence-corrected chi connectivity index (χ1v) is 7.45.